The van der Waals surface area contributed by atoms with E-state index in [-0.39, 0.29) is 0 Å². The zero-order valence-electron chi connectivity index (χ0n) is 18.8. The second-order valence-corrected chi connectivity index (χ2v) is 8.34. The van der Waals surface area contributed by atoms with Crippen LogP contribution >= 0.6 is 0 Å². The summed E-state index contributed by atoms with van der Waals surface area (Å²) in [5, 5.41) is 26.3. The lowest BCUT2D eigenvalue weighted by Crippen LogP contribution is -2.07. The first kappa shape index (κ1) is 20.9. The molecule has 7 nitrogen and oxygen atoms in total. The molecular weight excluding hydrogens is 414 g/mol. The summed E-state index contributed by atoms with van der Waals surface area (Å²) in [6.45, 7) is 5.56. The number of carboxylic acids is 1. The van der Waals surface area contributed by atoms with Gasteiger partial charge in [-0.25, -0.2) is 4.79 Å². The highest BCUT2D eigenvalue weighted by Gasteiger charge is 2.20. The van der Waals surface area contributed by atoms with Crippen molar-refractivity contribution >= 4 is 27.8 Å². The topological polar surface area (TPSA) is 95.8 Å². The zero-order chi connectivity index (χ0) is 23.1. The van der Waals surface area contributed by atoms with Gasteiger partial charge in [-0.1, -0.05) is 30.3 Å². The average Bonchev–Trinajstić information content (AvgIpc) is 3.40. The van der Waals surface area contributed by atoms with Crippen molar-refractivity contribution in [2.24, 2.45) is 0 Å². The Bertz CT molecular complexity index is 1500. The van der Waals surface area contributed by atoms with Crippen LogP contribution in [0.2, 0.25) is 0 Å². The molecule has 0 fully saturated rings. The van der Waals surface area contributed by atoms with Gasteiger partial charge in [0.15, 0.2) is 0 Å². The van der Waals surface area contributed by atoms with Gasteiger partial charge in [0.2, 0.25) is 0 Å². The number of nitrogens with one attached hydrogen (secondary N) is 2. The summed E-state index contributed by atoms with van der Waals surface area (Å²) < 4.78 is 2.32. The van der Waals surface area contributed by atoms with Crippen LogP contribution in [0.25, 0.3) is 33.1 Å². The van der Waals surface area contributed by atoms with Gasteiger partial charge in [0.05, 0.1) is 11.1 Å². The Hall–Kier alpha value is -3.97. The van der Waals surface area contributed by atoms with Crippen molar-refractivity contribution in [2.45, 2.75) is 26.9 Å². The van der Waals surface area contributed by atoms with Gasteiger partial charge >= 0.3 is 5.97 Å². The maximum Gasteiger partial charge on any atom is 0.335 e. The molecule has 0 aliphatic carbocycles. The first-order chi connectivity index (χ1) is 16.0. The molecule has 2 heterocycles. The van der Waals surface area contributed by atoms with E-state index in [4.69, 9.17) is 0 Å². The van der Waals surface area contributed by atoms with Crippen molar-refractivity contribution in [1.29, 1.82) is 0 Å². The molecule has 0 radical (unpaired) electrons. The summed E-state index contributed by atoms with van der Waals surface area (Å²) in [7, 11) is 1.90. The lowest BCUT2D eigenvalue weighted by molar-refractivity contribution is 0.0697. The highest BCUT2D eigenvalue weighted by molar-refractivity contribution is 6.12. The second kappa shape index (κ2) is 8.18. The molecular formula is C26H25N5O2. The first-order valence-corrected chi connectivity index (χ1v) is 10.9. The van der Waals surface area contributed by atoms with Crippen molar-refractivity contribution in [3.8, 4) is 11.3 Å². The number of aromatic nitrogens is 4. The molecule has 0 aliphatic rings. The van der Waals surface area contributed by atoms with Gasteiger partial charge < -0.3 is 15.0 Å². The molecule has 0 amide bonds. The minimum Gasteiger partial charge on any atom is -0.478 e. The van der Waals surface area contributed by atoms with Gasteiger partial charge in [-0.3, -0.25) is 0 Å². The molecule has 0 spiro atoms. The Kier molecular flexibility index (Phi) is 5.18. The number of carboxylic acid groups (broad SMARTS) is 1. The van der Waals surface area contributed by atoms with E-state index in [0.29, 0.717) is 18.7 Å². The highest BCUT2D eigenvalue weighted by Crippen LogP contribution is 2.39. The third-order valence-electron chi connectivity index (χ3n) is 6.25. The Labute approximate surface area is 191 Å². The van der Waals surface area contributed by atoms with E-state index in [2.05, 4.69) is 69.5 Å². The van der Waals surface area contributed by atoms with E-state index >= 15 is 0 Å². The second-order valence-electron chi connectivity index (χ2n) is 8.34. The van der Waals surface area contributed by atoms with Crippen molar-refractivity contribution in [3.05, 3.63) is 82.5 Å². The Balaban J connectivity index is 1.73. The number of para-hydroxylation sites is 1. The van der Waals surface area contributed by atoms with Crippen molar-refractivity contribution in [1.82, 2.24) is 25.3 Å². The summed E-state index contributed by atoms with van der Waals surface area (Å²) >= 11 is 0. The number of nitrogens with zero attached hydrogens (tertiary/aromatic N) is 3. The average molecular weight is 440 g/mol. The molecule has 0 atom stereocenters. The minimum atomic E-state index is -0.914. The van der Waals surface area contributed by atoms with E-state index in [9.17, 15) is 9.90 Å². The fourth-order valence-corrected chi connectivity index (χ4v) is 4.73. The fourth-order valence-electron chi connectivity index (χ4n) is 4.73. The molecule has 0 aliphatic heterocycles. The van der Waals surface area contributed by atoms with Crippen molar-refractivity contribution < 1.29 is 9.90 Å². The van der Waals surface area contributed by atoms with Crippen LogP contribution < -0.4 is 5.32 Å². The molecule has 7 heteroatoms. The van der Waals surface area contributed by atoms with Crippen molar-refractivity contribution in [3.63, 3.8) is 0 Å². The zero-order valence-corrected chi connectivity index (χ0v) is 18.8. The molecule has 5 aromatic rings. The van der Waals surface area contributed by atoms with Crippen LogP contribution in [0.4, 0.5) is 0 Å². The molecule has 0 bridgehead atoms. The quantitative estimate of drug-likeness (QED) is 0.358. The lowest BCUT2D eigenvalue weighted by Gasteiger charge is -2.13. The van der Waals surface area contributed by atoms with Gasteiger partial charge in [0.25, 0.3) is 0 Å². The van der Waals surface area contributed by atoms with Crippen LogP contribution in [0.1, 0.15) is 32.7 Å². The standard InChI is InChI=1S/C26H25N5O2/c1-15-12-20(24-21(13-27-3)28-30-29-24)16(2)23-19-6-4-5-7-22(19)31(25(15)23)14-17-8-10-18(11-9-17)26(32)33/h4-12,27H,13-14H2,1-3H3,(H,32,33)(H,28,29,30). The summed E-state index contributed by atoms with van der Waals surface area (Å²) in [6, 6.07) is 17.7. The summed E-state index contributed by atoms with van der Waals surface area (Å²) in [6.07, 6.45) is 0. The maximum absolute atomic E-state index is 11.2. The molecule has 0 saturated heterocycles. The van der Waals surface area contributed by atoms with Crippen LogP contribution in [-0.2, 0) is 13.1 Å². The van der Waals surface area contributed by atoms with Crippen LogP contribution in [-0.4, -0.2) is 38.1 Å². The number of benzene rings is 3. The number of rotatable bonds is 6. The summed E-state index contributed by atoms with van der Waals surface area (Å²) in [5.41, 5.74) is 8.83. The molecule has 5 rings (SSSR count). The van der Waals surface area contributed by atoms with Gasteiger partial charge in [-0.15, -0.1) is 0 Å². The third-order valence-corrected chi connectivity index (χ3v) is 6.25. The molecule has 0 unspecified atom stereocenters. The SMILES string of the molecule is CNCc1n[nH]nc1-c1cc(C)c2c(c1C)c1ccccc1n2Cc1ccc(C(=O)O)cc1. The predicted octanol–water partition coefficient (Wildman–Crippen LogP) is 4.66. The number of hydrogen-bond acceptors (Lipinski definition) is 4. The number of aromatic amines is 1. The smallest absolute Gasteiger partial charge is 0.335 e. The molecule has 33 heavy (non-hydrogen) atoms. The van der Waals surface area contributed by atoms with Crippen LogP contribution in [0.15, 0.2) is 54.6 Å². The molecule has 2 aromatic heterocycles. The molecule has 166 valence electrons. The number of hydrogen-bond donors (Lipinski definition) is 3. The van der Waals surface area contributed by atoms with Gasteiger partial charge in [0, 0.05) is 34.9 Å². The Morgan fingerprint density at radius 1 is 1.09 bits per heavy atom. The molecule has 0 saturated carbocycles. The summed E-state index contributed by atoms with van der Waals surface area (Å²) in [4.78, 5) is 11.2. The maximum atomic E-state index is 11.2. The fraction of sp³-hybridized carbons (Fsp3) is 0.192. The van der Waals surface area contributed by atoms with Gasteiger partial charge in [-0.2, -0.15) is 15.4 Å². The first-order valence-electron chi connectivity index (χ1n) is 10.9. The van der Waals surface area contributed by atoms with E-state index in [1.54, 1.807) is 12.1 Å². The van der Waals surface area contributed by atoms with E-state index < -0.39 is 5.97 Å². The van der Waals surface area contributed by atoms with Crippen molar-refractivity contribution in [2.75, 3.05) is 7.05 Å². The minimum absolute atomic E-state index is 0.294. The lowest BCUT2D eigenvalue weighted by atomic mass is 9.96. The Morgan fingerprint density at radius 3 is 2.58 bits per heavy atom. The van der Waals surface area contributed by atoms with Gasteiger partial charge in [0.1, 0.15) is 11.4 Å². The summed E-state index contributed by atoms with van der Waals surface area (Å²) in [5.74, 6) is -0.914. The van der Waals surface area contributed by atoms with E-state index in [1.165, 1.54) is 16.3 Å². The largest absolute Gasteiger partial charge is 0.478 e. The normalized spacial score (nSPS) is 11.5. The Morgan fingerprint density at radius 2 is 1.85 bits per heavy atom. The predicted molar refractivity (Wildman–Crippen MR) is 130 cm³/mol. The molecule has 3 aromatic carbocycles. The van der Waals surface area contributed by atoms with E-state index in [1.807, 2.05) is 19.2 Å². The number of H-pyrrole nitrogens is 1. The van der Waals surface area contributed by atoms with Gasteiger partial charge in [-0.05, 0) is 61.9 Å². The van der Waals surface area contributed by atoms with Crippen LogP contribution in [0, 0.1) is 13.8 Å². The third kappa shape index (κ3) is 3.47. The van der Waals surface area contributed by atoms with E-state index in [0.717, 1.165) is 39.2 Å². The van der Waals surface area contributed by atoms with Crippen LogP contribution in [0.3, 0.4) is 0 Å². The number of fused-ring (bicyclic) bond motifs is 3. The monoisotopic (exact) mass is 439 g/mol. The number of aryl methyl sites for hydroxylation is 2. The molecule has 3 N–H and O–H groups in total. The van der Waals surface area contributed by atoms with Crippen LogP contribution in [0.5, 0.6) is 0 Å². The highest BCUT2D eigenvalue weighted by atomic mass is 16.4. The number of aromatic carboxylic acids is 1. The number of carbonyl (C=O) groups is 1.